The van der Waals surface area contributed by atoms with E-state index in [0.29, 0.717) is 17.3 Å². The van der Waals surface area contributed by atoms with Crippen molar-refractivity contribution in [1.82, 2.24) is 0 Å². The van der Waals surface area contributed by atoms with Gasteiger partial charge in [-0.1, -0.05) is 43.8 Å². The van der Waals surface area contributed by atoms with E-state index in [4.69, 9.17) is 4.74 Å². The first-order valence-corrected chi connectivity index (χ1v) is 12.6. The van der Waals surface area contributed by atoms with Crippen LogP contribution >= 0.6 is 11.8 Å². The van der Waals surface area contributed by atoms with Gasteiger partial charge < -0.3 is 9.64 Å². The van der Waals surface area contributed by atoms with Crippen LogP contribution in [0.1, 0.15) is 20.3 Å². The minimum atomic E-state index is -3.09. The molecule has 1 amide bonds. The minimum absolute atomic E-state index is 0.0737. The molecule has 6 nitrogen and oxygen atoms in total. The number of aliphatic imine (C=N–C) groups is 1. The number of thioether (sulfide) groups is 1. The van der Waals surface area contributed by atoms with Crippen LogP contribution in [-0.2, 0) is 14.6 Å². The van der Waals surface area contributed by atoms with Crippen molar-refractivity contribution in [1.29, 1.82) is 0 Å². The summed E-state index contributed by atoms with van der Waals surface area (Å²) in [6, 6.07) is 16.7. The van der Waals surface area contributed by atoms with Crippen LogP contribution in [0.2, 0.25) is 0 Å². The number of sulfone groups is 1. The monoisotopic (exact) mass is 444 g/mol. The Kier molecular flexibility index (Phi) is 5.88. The average Bonchev–Trinajstić information content (AvgIpc) is 3.13. The van der Waals surface area contributed by atoms with E-state index in [1.165, 1.54) is 11.8 Å². The Morgan fingerprint density at radius 3 is 2.43 bits per heavy atom. The average molecular weight is 445 g/mol. The number of ether oxygens (including phenoxy) is 1. The first-order valence-electron chi connectivity index (χ1n) is 9.91. The third-order valence-electron chi connectivity index (χ3n) is 4.96. The van der Waals surface area contributed by atoms with Gasteiger partial charge in [0.15, 0.2) is 15.0 Å². The van der Waals surface area contributed by atoms with E-state index < -0.39 is 9.84 Å². The molecule has 2 aromatic carbocycles. The molecule has 2 aliphatic heterocycles. The summed E-state index contributed by atoms with van der Waals surface area (Å²) in [5, 5.41) is 0.475. The molecule has 2 aliphatic rings. The second kappa shape index (κ2) is 8.43. The summed E-state index contributed by atoms with van der Waals surface area (Å²) in [6.45, 7) is 3.95. The quantitative estimate of drug-likeness (QED) is 0.690. The molecule has 4 rings (SSSR count). The molecule has 2 atom stereocenters. The van der Waals surface area contributed by atoms with Crippen molar-refractivity contribution >= 4 is 38.4 Å². The number of anilines is 1. The number of benzene rings is 2. The number of hydrogen-bond donors (Lipinski definition) is 0. The van der Waals surface area contributed by atoms with E-state index in [-0.39, 0.29) is 34.6 Å². The Morgan fingerprint density at radius 1 is 1.10 bits per heavy atom. The van der Waals surface area contributed by atoms with Gasteiger partial charge in [-0.15, -0.1) is 0 Å². The molecule has 158 valence electrons. The largest absolute Gasteiger partial charge is 0.457 e. The van der Waals surface area contributed by atoms with Crippen molar-refractivity contribution in [2.24, 2.45) is 10.9 Å². The molecular weight excluding hydrogens is 420 g/mol. The van der Waals surface area contributed by atoms with Gasteiger partial charge in [0, 0.05) is 17.4 Å². The molecule has 2 fully saturated rings. The highest BCUT2D eigenvalue weighted by molar-refractivity contribution is 8.16. The Labute approximate surface area is 181 Å². The summed E-state index contributed by atoms with van der Waals surface area (Å²) in [6.07, 6.45) is 0.370. The molecular formula is C22H24N2O4S2. The number of fused-ring (bicyclic) bond motifs is 1. The topological polar surface area (TPSA) is 76.0 Å². The van der Waals surface area contributed by atoms with E-state index in [1.54, 1.807) is 0 Å². The summed E-state index contributed by atoms with van der Waals surface area (Å²) >= 11 is 1.39. The molecule has 2 heterocycles. The zero-order valence-corrected chi connectivity index (χ0v) is 18.5. The molecule has 2 saturated heterocycles. The third-order valence-corrected chi connectivity index (χ3v) is 8.17. The fourth-order valence-electron chi connectivity index (χ4n) is 3.67. The predicted molar refractivity (Wildman–Crippen MR) is 121 cm³/mol. The number of amides is 1. The molecule has 0 radical (unpaired) electrons. The van der Waals surface area contributed by atoms with Crippen molar-refractivity contribution in [2.45, 2.75) is 31.6 Å². The number of carbonyl (C=O) groups is 1. The summed E-state index contributed by atoms with van der Waals surface area (Å²) in [5.74, 6) is 1.66. The molecule has 0 aliphatic carbocycles. The second-order valence-corrected chi connectivity index (χ2v) is 11.3. The van der Waals surface area contributed by atoms with Crippen LogP contribution in [0.3, 0.4) is 0 Å². The summed E-state index contributed by atoms with van der Waals surface area (Å²) in [5.41, 5.74) is 0.809. The second-order valence-electron chi connectivity index (χ2n) is 7.97. The molecule has 8 heteroatoms. The van der Waals surface area contributed by atoms with Gasteiger partial charge in [-0.3, -0.25) is 4.79 Å². The van der Waals surface area contributed by atoms with Crippen LogP contribution in [-0.4, -0.2) is 42.3 Å². The van der Waals surface area contributed by atoms with Crippen molar-refractivity contribution < 1.29 is 17.9 Å². The Morgan fingerprint density at radius 2 is 1.77 bits per heavy atom. The first kappa shape index (κ1) is 20.9. The maximum Gasteiger partial charge on any atom is 0.248 e. The van der Waals surface area contributed by atoms with E-state index in [0.717, 1.165) is 11.4 Å². The highest BCUT2D eigenvalue weighted by atomic mass is 32.2. The van der Waals surface area contributed by atoms with Crippen LogP contribution in [0.4, 0.5) is 5.69 Å². The van der Waals surface area contributed by atoms with E-state index >= 15 is 0 Å². The van der Waals surface area contributed by atoms with Crippen LogP contribution in [0, 0.1) is 5.92 Å². The molecule has 0 spiro atoms. The molecule has 0 N–H and O–H groups in total. The van der Waals surface area contributed by atoms with Gasteiger partial charge in [-0.05, 0) is 42.3 Å². The highest BCUT2D eigenvalue weighted by Crippen LogP contribution is 2.41. The summed E-state index contributed by atoms with van der Waals surface area (Å²) in [4.78, 5) is 18.6. The Bertz CT molecular complexity index is 1050. The standard InChI is InChI=1S/C22H24N2O4S2/c1-15(2)12-21(25)23-22-24(19-13-30(26,27)14-20(19)29-22)16-8-10-18(11-9-16)28-17-6-4-3-5-7-17/h3-11,15,19-20H,12-14H2,1-2H3/t19-,20-/m0/s1. The van der Waals surface area contributed by atoms with Gasteiger partial charge in [0.25, 0.3) is 0 Å². The van der Waals surface area contributed by atoms with E-state index in [1.807, 2.05) is 73.3 Å². The number of rotatable bonds is 5. The van der Waals surface area contributed by atoms with Crippen molar-refractivity contribution in [3.05, 3.63) is 54.6 Å². The zero-order chi connectivity index (χ0) is 21.3. The van der Waals surface area contributed by atoms with Crippen LogP contribution in [0.5, 0.6) is 11.5 Å². The van der Waals surface area contributed by atoms with Gasteiger partial charge in [0.1, 0.15) is 11.5 Å². The number of carbonyl (C=O) groups excluding carboxylic acids is 1. The Balaban J connectivity index is 1.60. The van der Waals surface area contributed by atoms with Gasteiger partial charge in [-0.25, -0.2) is 8.42 Å². The minimum Gasteiger partial charge on any atom is -0.457 e. The van der Waals surface area contributed by atoms with E-state index in [2.05, 4.69) is 4.99 Å². The van der Waals surface area contributed by atoms with Crippen molar-refractivity contribution in [2.75, 3.05) is 16.4 Å². The van der Waals surface area contributed by atoms with Gasteiger partial charge in [-0.2, -0.15) is 4.99 Å². The molecule has 2 aromatic rings. The molecule has 0 aromatic heterocycles. The fourth-order valence-corrected chi connectivity index (χ4v) is 7.60. The van der Waals surface area contributed by atoms with Crippen LogP contribution in [0.15, 0.2) is 59.6 Å². The molecule has 0 unspecified atom stereocenters. The summed E-state index contributed by atoms with van der Waals surface area (Å²) in [7, 11) is -3.09. The lowest BCUT2D eigenvalue weighted by Crippen LogP contribution is -2.37. The predicted octanol–water partition coefficient (Wildman–Crippen LogP) is 4.13. The number of nitrogens with zero attached hydrogens (tertiary/aromatic N) is 2. The molecule has 0 saturated carbocycles. The van der Waals surface area contributed by atoms with Crippen molar-refractivity contribution in [3.63, 3.8) is 0 Å². The maximum atomic E-state index is 12.3. The SMILES string of the molecule is CC(C)CC(=O)N=C1S[C@H]2CS(=O)(=O)C[C@@H]2N1c1ccc(Oc2ccccc2)cc1. The lowest BCUT2D eigenvalue weighted by molar-refractivity contribution is -0.118. The third kappa shape index (κ3) is 4.70. The number of para-hydroxylation sites is 1. The number of amidine groups is 1. The molecule has 30 heavy (non-hydrogen) atoms. The van der Waals surface area contributed by atoms with Gasteiger partial charge >= 0.3 is 0 Å². The van der Waals surface area contributed by atoms with Crippen LogP contribution in [0.25, 0.3) is 0 Å². The normalized spacial score (nSPS) is 23.7. The lowest BCUT2D eigenvalue weighted by Gasteiger charge is -2.24. The smallest absolute Gasteiger partial charge is 0.248 e. The molecule has 0 bridgehead atoms. The fraction of sp³-hybridized carbons (Fsp3) is 0.364. The summed E-state index contributed by atoms with van der Waals surface area (Å²) < 4.78 is 30.2. The Hall–Kier alpha value is -2.32. The van der Waals surface area contributed by atoms with Crippen molar-refractivity contribution in [3.8, 4) is 11.5 Å². The lowest BCUT2D eigenvalue weighted by atomic mass is 10.1. The maximum absolute atomic E-state index is 12.3. The number of hydrogen-bond acceptors (Lipinski definition) is 5. The van der Waals surface area contributed by atoms with Gasteiger partial charge in [0.05, 0.1) is 17.5 Å². The van der Waals surface area contributed by atoms with Crippen LogP contribution < -0.4 is 9.64 Å². The van der Waals surface area contributed by atoms with E-state index in [9.17, 15) is 13.2 Å². The van der Waals surface area contributed by atoms with Gasteiger partial charge in [0.2, 0.25) is 5.91 Å². The first-order chi connectivity index (χ1) is 14.3. The highest BCUT2D eigenvalue weighted by Gasteiger charge is 2.49. The zero-order valence-electron chi connectivity index (χ0n) is 16.9.